The van der Waals surface area contributed by atoms with Gasteiger partial charge in [0.25, 0.3) is 0 Å². The summed E-state index contributed by atoms with van der Waals surface area (Å²) in [5.74, 6) is 0.768. The molecule has 1 rings (SSSR count). The van der Waals surface area contributed by atoms with E-state index in [1.807, 2.05) is 45.0 Å². The zero-order chi connectivity index (χ0) is 11.3. The van der Waals surface area contributed by atoms with Gasteiger partial charge in [-0.05, 0) is 26.8 Å². The zero-order valence-corrected chi connectivity index (χ0v) is 9.28. The maximum absolute atomic E-state index is 10.3. The highest BCUT2D eigenvalue weighted by atomic mass is 16.5. The van der Waals surface area contributed by atoms with Crippen molar-refractivity contribution in [3.63, 3.8) is 0 Å². The van der Waals surface area contributed by atoms with Gasteiger partial charge in [-0.25, -0.2) is 4.79 Å². The second kappa shape index (κ2) is 4.76. The third-order valence-corrected chi connectivity index (χ3v) is 2.17. The summed E-state index contributed by atoms with van der Waals surface area (Å²) < 4.78 is 5.48. The van der Waals surface area contributed by atoms with E-state index in [1.165, 1.54) is 0 Å². The predicted molar refractivity (Wildman–Crippen MR) is 58.8 cm³/mol. The molecule has 0 atom stereocenters. The standard InChI is InChI=1S/C12H15NO2/c1-4-15-11-8-6-5-7-10(11)12(2,3)13-9-14/h5-8H,4H2,1-3H3. The van der Waals surface area contributed by atoms with Gasteiger partial charge in [0.1, 0.15) is 5.75 Å². The van der Waals surface area contributed by atoms with Crippen molar-refractivity contribution in [2.75, 3.05) is 6.61 Å². The number of isocyanates is 1. The van der Waals surface area contributed by atoms with Crippen molar-refractivity contribution in [3.8, 4) is 5.75 Å². The van der Waals surface area contributed by atoms with Crippen molar-refractivity contribution in [2.24, 2.45) is 4.99 Å². The van der Waals surface area contributed by atoms with Gasteiger partial charge >= 0.3 is 0 Å². The maximum Gasteiger partial charge on any atom is 0.235 e. The van der Waals surface area contributed by atoms with Crippen molar-refractivity contribution in [1.29, 1.82) is 0 Å². The van der Waals surface area contributed by atoms with Gasteiger partial charge in [-0.2, -0.15) is 4.99 Å². The van der Waals surface area contributed by atoms with Crippen molar-refractivity contribution in [2.45, 2.75) is 26.3 Å². The lowest BCUT2D eigenvalue weighted by Gasteiger charge is -2.21. The number of carbonyl (C=O) groups excluding carboxylic acids is 1. The van der Waals surface area contributed by atoms with Crippen LogP contribution in [-0.2, 0) is 10.3 Å². The Bertz CT molecular complexity index is 379. The normalized spacial score (nSPS) is 10.6. The average Bonchev–Trinajstić information content (AvgIpc) is 2.19. The summed E-state index contributed by atoms with van der Waals surface area (Å²) >= 11 is 0. The van der Waals surface area contributed by atoms with Crippen molar-refractivity contribution in [3.05, 3.63) is 29.8 Å². The number of benzene rings is 1. The number of hydrogen-bond donors (Lipinski definition) is 0. The number of nitrogens with zero attached hydrogens (tertiary/aromatic N) is 1. The maximum atomic E-state index is 10.3. The fourth-order valence-electron chi connectivity index (χ4n) is 1.43. The zero-order valence-electron chi connectivity index (χ0n) is 9.28. The van der Waals surface area contributed by atoms with Gasteiger partial charge in [-0.15, -0.1) is 0 Å². The van der Waals surface area contributed by atoms with E-state index in [2.05, 4.69) is 4.99 Å². The van der Waals surface area contributed by atoms with Gasteiger partial charge < -0.3 is 4.74 Å². The molecule has 0 spiro atoms. The molecule has 0 unspecified atom stereocenters. The van der Waals surface area contributed by atoms with E-state index in [9.17, 15) is 4.79 Å². The van der Waals surface area contributed by atoms with Crippen molar-refractivity contribution >= 4 is 6.08 Å². The lowest BCUT2D eigenvalue weighted by Crippen LogP contribution is -2.15. The summed E-state index contributed by atoms with van der Waals surface area (Å²) in [5, 5.41) is 0. The molecule has 0 fully saturated rings. The largest absolute Gasteiger partial charge is 0.494 e. The van der Waals surface area contributed by atoms with Gasteiger partial charge in [0.2, 0.25) is 6.08 Å². The number of aliphatic imine (C=N–C) groups is 1. The minimum atomic E-state index is -0.590. The average molecular weight is 205 g/mol. The highest BCUT2D eigenvalue weighted by molar-refractivity contribution is 5.42. The van der Waals surface area contributed by atoms with E-state index in [-0.39, 0.29) is 0 Å². The third-order valence-electron chi connectivity index (χ3n) is 2.17. The third kappa shape index (κ3) is 2.67. The van der Waals surface area contributed by atoms with Crippen molar-refractivity contribution < 1.29 is 9.53 Å². The Morgan fingerprint density at radius 2 is 2.07 bits per heavy atom. The number of ether oxygens (including phenoxy) is 1. The van der Waals surface area contributed by atoms with E-state index in [0.29, 0.717) is 6.61 Å². The van der Waals surface area contributed by atoms with Crippen LogP contribution in [0.4, 0.5) is 0 Å². The number of hydrogen-bond acceptors (Lipinski definition) is 3. The number of para-hydroxylation sites is 1. The quantitative estimate of drug-likeness (QED) is 0.560. The summed E-state index contributed by atoms with van der Waals surface area (Å²) in [6.07, 6.45) is 1.60. The molecule has 0 aromatic heterocycles. The SMILES string of the molecule is CCOc1ccccc1C(C)(C)N=C=O. The molecule has 3 nitrogen and oxygen atoms in total. The topological polar surface area (TPSA) is 38.7 Å². The lowest BCUT2D eigenvalue weighted by molar-refractivity contribution is 0.328. The first-order valence-electron chi connectivity index (χ1n) is 4.93. The molecule has 0 bridgehead atoms. The Kier molecular flexibility index (Phi) is 3.64. The highest BCUT2D eigenvalue weighted by Gasteiger charge is 2.23. The lowest BCUT2D eigenvalue weighted by atomic mass is 9.94. The first kappa shape index (κ1) is 11.5. The minimum Gasteiger partial charge on any atom is -0.494 e. The molecule has 0 aliphatic rings. The van der Waals surface area contributed by atoms with Crippen LogP contribution in [0.1, 0.15) is 26.3 Å². The van der Waals surface area contributed by atoms with Crippen LogP contribution in [0.2, 0.25) is 0 Å². The first-order valence-corrected chi connectivity index (χ1v) is 4.93. The molecule has 0 heterocycles. The van der Waals surface area contributed by atoms with E-state index < -0.39 is 5.54 Å². The Balaban J connectivity index is 3.17. The molecule has 0 radical (unpaired) electrons. The Morgan fingerprint density at radius 1 is 1.40 bits per heavy atom. The first-order chi connectivity index (χ1) is 7.11. The van der Waals surface area contributed by atoms with Gasteiger partial charge in [-0.1, -0.05) is 18.2 Å². The van der Waals surface area contributed by atoms with Crippen LogP contribution >= 0.6 is 0 Å². The summed E-state index contributed by atoms with van der Waals surface area (Å²) in [5.41, 5.74) is 0.309. The predicted octanol–water partition coefficient (Wildman–Crippen LogP) is 2.66. The minimum absolute atomic E-state index is 0.590. The number of rotatable bonds is 4. The van der Waals surface area contributed by atoms with E-state index >= 15 is 0 Å². The molecule has 3 heteroatoms. The molecule has 0 saturated heterocycles. The molecule has 0 saturated carbocycles. The van der Waals surface area contributed by atoms with E-state index in [0.717, 1.165) is 11.3 Å². The van der Waals surface area contributed by atoms with Gasteiger partial charge in [0.15, 0.2) is 0 Å². The molecule has 0 aliphatic heterocycles. The van der Waals surface area contributed by atoms with Crippen molar-refractivity contribution in [1.82, 2.24) is 0 Å². The van der Waals surface area contributed by atoms with Crippen LogP contribution in [0.5, 0.6) is 5.75 Å². The fraction of sp³-hybridized carbons (Fsp3) is 0.417. The Hall–Kier alpha value is -1.60. The highest BCUT2D eigenvalue weighted by Crippen LogP contribution is 2.32. The van der Waals surface area contributed by atoms with Crippen LogP contribution in [0, 0.1) is 0 Å². The molecular formula is C12H15NO2. The summed E-state index contributed by atoms with van der Waals surface area (Å²) in [7, 11) is 0. The fourth-order valence-corrected chi connectivity index (χ4v) is 1.43. The van der Waals surface area contributed by atoms with E-state index in [4.69, 9.17) is 4.74 Å². The van der Waals surface area contributed by atoms with Gasteiger partial charge in [0.05, 0.1) is 12.1 Å². The molecule has 0 amide bonds. The molecule has 1 aromatic rings. The van der Waals surface area contributed by atoms with E-state index in [1.54, 1.807) is 6.08 Å². The van der Waals surface area contributed by atoms with Crippen LogP contribution < -0.4 is 4.74 Å². The second-order valence-corrected chi connectivity index (χ2v) is 3.69. The van der Waals surface area contributed by atoms with Crippen LogP contribution in [-0.4, -0.2) is 12.7 Å². The molecule has 0 N–H and O–H groups in total. The smallest absolute Gasteiger partial charge is 0.235 e. The second-order valence-electron chi connectivity index (χ2n) is 3.69. The molecule has 80 valence electrons. The van der Waals surface area contributed by atoms with Gasteiger partial charge in [0, 0.05) is 5.56 Å². The molecular weight excluding hydrogens is 190 g/mol. The van der Waals surface area contributed by atoms with Gasteiger partial charge in [-0.3, -0.25) is 0 Å². The molecule has 1 aromatic carbocycles. The molecule has 0 aliphatic carbocycles. The molecule has 15 heavy (non-hydrogen) atoms. The summed E-state index contributed by atoms with van der Waals surface area (Å²) in [6.45, 7) is 6.23. The Morgan fingerprint density at radius 3 is 2.67 bits per heavy atom. The summed E-state index contributed by atoms with van der Waals surface area (Å²) in [4.78, 5) is 14.1. The Labute approximate surface area is 89.8 Å². The van der Waals surface area contributed by atoms with Crippen LogP contribution in [0.25, 0.3) is 0 Å². The monoisotopic (exact) mass is 205 g/mol. The summed E-state index contributed by atoms with van der Waals surface area (Å²) in [6, 6.07) is 7.59. The van der Waals surface area contributed by atoms with Crippen LogP contribution in [0.15, 0.2) is 29.3 Å². The van der Waals surface area contributed by atoms with Crippen LogP contribution in [0.3, 0.4) is 0 Å².